The molecule has 0 amide bonds. The van der Waals surface area contributed by atoms with Gasteiger partial charge in [-0.2, -0.15) is 0 Å². The van der Waals surface area contributed by atoms with Gasteiger partial charge >= 0.3 is 0 Å². The van der Waals surface area contributed by atoms with Crippen LogP contribution in [0.25, 0.3) is 5.73 Å². The average Bonchev–Trinajstić information content (AvgIpc) is 2.07. The quantitative estimate of drug-likeness (QED) is 0.674. The molecule has 3 heteroatoms. The molecule has 0 spiro atoms. The van der Waals surface area contributed by atoms with Crippen molar-refractivity contribution in [3.05, 3.63) is 34.8 Å². The molecule has 1 heterocycles. The largest absolute Gasteiger partial charge is 0.670 e. The number of rotatable bonds is 0. The van der Waals surface area contributed by atoms with Gasteiger partial charge in [-0.15, -0.1) is 0 Å². The van der Waals surface area contributed by atoms with Crippen LogP contribution in [0.15, 0.2) is 12.1 Å². The zero-order valence-electron chi connectivity index (χ0n) is 7.88. The van der Waals surface area contributed by atoms with Gasteiger partial charge in [0.15, 0.2) is 0 Å². The van der Waals surface area contributed by atoms with Crippen LogP contribution in [0.4, 0.5) is 0 Å². The summed E-state index contributed by atoms with van der Waals surface area (Å²) < 4.78 is 0. The number of hydrogen-bond donors (Lipinski definition) is 0. The molecule has 1 radical (unpaired) electrons. The fourth-order valence-electron chi connectivity index (χ4n) is 1.75. The first kappa shape index (κ1) is 11.6. The standard InChI is InChI=1S/C10H13N2.Ac/c1-7-5-6-8-3-2-4-9(11)10(8)12-7;/h5-6,9,11H,2-4H2,1H3;/q-1;/t9-;/m1./s1. The first-order valence-corrected chi connectivity index (χ1v) is 4.45. The Morgan fingerprint density at radius 2 is 2.23 bits per heavy atom. The maximum atomic E-state index is 7.79. The number of aromatic nitrogens is 1. The van der Waals surface area contributed by atoms with Gasteiger partial charge in [-0.05, 0) is 25.0 Å². The molecule has 1 aliphatic rings. The van der Waals surface area contributed by atoms with E-state index in [9.17, 15) is 0 Å². The van der Waals surface area contributed by atoms with E-state index in [-0.39, 0.29) is 50.1 Å². The zero-order valence-corrected chi connectivity index (χ0v) is 12.6. The summed E-state index contributed by atoms with van der Waals surface area (Å²) in [7, 11) is 0. The molecule has 67 valence electrons. The van der Waals surface area contributed by atoms with Gasteiger partial charge in [-0.25, -0.2) is 0 Å². The monoisotopic (exact) mass is 388 g/mol. The zero-order chi connectivity index (χ0) is 8.55. The van der Waals surface area contributed by atoms with E-state index in [1.54, 1.807) is 0 Å². The molecule has 0 aliphatic heterocycles. The molecule has 2 nitrogen and oxygen atoms in total. The van der Waals surface area contributed by atoms with Crippen LogP contribution in [-0.2, 0) is 6.42 Å². The molecular weight excluding hydrogens is 375 g/mol. The van der Waals surface area contributed by atoms with E-state index in [4.69, 9.17) is 5.73 Å². The maximum absolute atomic E-state index is 7.79. The van der Waals surface area contributed by atoms with Gasteiger partial charge in [0.05, 0.1) is 0 Å². The van der Waals surface area contributed by atoms with Gasteiger partial charge in [0, 0.05) is 55.5 Å². The first-order valence-electron chi connectivity index (χ1n) is 4.45. The van der Waals surface area contributed by atoms with E-state index in [1.165, 1.54) is 5.56 Å². The minimum Gasteiger partial charge on any atom is -0.670 e. The third-order valence-electron chi connectivity index (χ3n) is 2.42. The van der Waals surface area contributed by atoms with E-state index >= 15 is 0 Å². The summed E-state index contributed by atoms with van der Waals surface area (Å²) in [5.74, 6) is 0. The third-order valence-corrected chi connectivity index (χ3v) is 2.42. The van der Waals surface area contributed by atoms with Crippen molar-refractivity contribution >= 4 is 0 Å². The van der Waals surface area contributed by atoms with Gasteiger partial charge in [-0.1, -0.05) is 24.9 Å². The van der Waals surface area contributed by atoms with Crippen LogP contribution in [0.3, 0.4) is 0 Å². The normalized spacial score (nSPS) is 20.3. The summed E-state index contributed by atoms with van der Waals surface area (Å²) in [6, 6.07) is 4.09. The van der Waals surface area contributed by atoms with Gasteiger partial charge in [-0.3, -0.25) is 4.98 Å². The van der Waals surface area contributed by atoms with Crippen molar-refractivity contribution in [1.82, 2.24) is 4.98 Å². The molecule has 2 rings (SSSR count). The van der Waals surface area contributed by atoms with Crippen molar-refractivity contribution in [2.45, 2.75) is 32.2 Å². The van der Waals surface area contributed by atoms with Crippen LogP contribution >= 0.6 is 0 Å². The van der Waals surface area contributed by atoms with Crippen LogP contribution in [0.5, 0.6) is 0 Å². The summed E-state index contributed by atoms with van der Waals surface area (Å²) in [6.07, 6.45) is 3.23. The van der Waals surface area contributed by atoms with Crippen molar-refractivity contribution in [1.29, 1.82) is 0 Å². The number of aryl methyl sites for hydroxylation is 2. The number of pyridine rings is 1. The van der Waals surface area contributed by atoms with Crippen molar-refractivity contribution in [3.8, 4) is 0 Å². The summed E-state index contributed by atoms with van der Waals surface area (Å²) in [6.45, 7) is 1.99. The van der Waals surface area contributed by atoms with Crippen LogP contribution in [0.2, 0.25) is 0 Å². The Balaban J connectivity index is 0.000000845. The van der Waals surface area contributed by atoms with Gasteiger partial charge in [0.1, 0.15) is 0 Å². The van der Waals surface area contributed by atoms with Crippen molar-refractivity contribution in [3.63, 3.8) is 0 Å². The van der Waals surface area contributed by atoms with Crippen LogP contribution in [0, 0.1) is 51.0 Å². The Bertz CT molecular complexity index is 299. The van der Waals surface area contributed by atoms with Crippen molar-refractivity contribution in [2.24, 2.45) is 0 Å². The molecule has 13 heavy (non-hydrogen) atoms. The molecule has 1 atom stereocenters. The Labute approximate surface area is 115 Å². The Morgan fingerprint density at radius 1 is 1.46 bits per heavy atom. The predicted octanol–water partition coefficient (Wildman–Crippen LogP) is 2.82. The summed E-state index contributed by atoms with van der Waals surface area (Å²) in [5, 5.41) is 0. The predicted molar refractivity (Wildman–Crippen MR) is 49.0 cm³/mol. The van der Waals surface area contributed by atoms with Crippen molar-refractivity contribution < 1.29 is 44.1 Å². The SMILES string of the molecule is Cc1ccc2c(n1)[C@H]([NH-])CCC2.[Ac]. The Morgan fingerprint density at radius 3 is 3.00 bits per heavy atom. The molecule has 0 saturated carbocycles. The fourth-order valence-corrected chi connectivity index (χ4v) is 1.75. The average molecular weight is 388 g/mol. The second-order valence-corrected chi connectivity index (χ2v) is 3.44. The number of hydrogen-bond acceptors (Lipinski definition) is 1. The molecule has 1 aliphatic carbocycles. The molecule has 1 aromatic rings. The molecule has 0 saturated heterocycles. The molecule has 1 aromatic heterocycles. The second-order valence-electron chi connectivity index (χ2n) is 3.44. The van der Waals surface area contributed by atoms with E-state index in [0.717, 1.165) is 30.7 Å². The Hall–Kier alpha value is 0.552. The maximum Gasteiger partial charge on any atom is 0.0375 e. The summed E-state index contributed by atoms with van der Waals surface area (Å²) in [5.41, 5.74) is 11.1. The molecular formula is C10H13AcN2-. The molecule has 0 aromatic carbocycles. The minimum atomic E-state index is -0.0753. The van der Waals surface area contributed by atoms with E-state index < -0.39 is 0 Å². The van der Waals surface area contributed by atoms with Gasteiger partial charge in [0.2, 0.25) is 0 Å². The third kappa shape index (κ3) is 2.52. The second kappa shape index (κ2) is 4.87. The van der Waals surface area contributed by atoms with Gasteiger partial charge in [0.25, 0.3) is 0 Å². The topological polar surface area (TPSA) is 36.7 Å². The smallest absolute Gasteiger partial charge is 0.0375 e. The van der Waals surface area contributed by atoms with E-state index in [1.807, 2.05) is 13.0 Å². The van der Waals surface area contributed by atoms with Crippen LogP contribution in [-0.4, -0.2) is 4.98 Å². The molecule has 0 bridgehead atoms. The summed E-state index contributed by atoms with van der Waals surface area (Å²) in [4.78, 5) is 4.41. The summed E-state index contributed by atoms with van der Waals surface area (Å²) >= 11 is 0. The van der Waals surface area contributed by atoms with Gasteiger partial charge < -0.3 is 5.73 Å². The number of nitrogens with zero attached hydrogens (tertiary/aromatic N) is 1. The number of nitrogens with one attached hydrogen (secondary N) is 1. The van der Waals surface area contributed by atoms with Crippen LogP contribution < -0.4 is 0 Å². The van der Waals surface area contributed by atoms with E-state index in [2.05, 4.69) is 11.1 Å². The molecule has 1 N–H and O–H groups in total. The molecule has 0 fully saturated rings. The minimum absolute atomic E-state index is 0. The van der Waals surface area contributed by atoms with E-state index in [0.29, 0.717) is 0 Å². The molecule has 0 unspecified atom stereocenters. The Kier molecular flexibility index (Phi) is 4.35. The number of fused-ring (bicyclic) bond motifs is 1. The first-order chi connectivity index (χ1) is 5.77. The van der Waals surface area contributed by atoms with Crippen LogP contribution in [0.1, 0.15) is 35.8 Å². The van der Waals surface area contributed by atoms with Crippen molar-refractivity contribution in [2.75, 3.05) is 0 Å². The fraction of sp³-hybridized carbons (Fsp3) is 0.500.